The molecule has 0 spiro atoms. The number of benzene rings is 1. The Hall–Kier alpha value is -3.43. The first-order chi connectivity index (χ1) is 17.6. The number of aromatic nitrogens is 3. The van der Waals surface area contributed by atoms with E-state index in [1.54, 1.807) is 24.6 Å². The van der Waals surface area contributed by atoms with Crippen molar-refractivity contribution < 1.29 is 9.47 Å². The number of anilines is 3. The average Bonchev–Trinajstić information content (AvgIpc) is 3.32. The minimum atomic E-state index is 0.0441. The van der Waals surface area contributed by atoms with Crippen LogP contribution < -0.4 is 19.7 Å². The van der Waals surface area contributed by atoms with Gasteiger partial charge in [0.15, 0.2) is 0 Å². The zero-order valence-electron chi connectivity index (χ0n) is 21.2. The molecule has 36 heavy (non-hydrogen) atoms. The number of piperazine rings is 1. The minimum Gasteiger partial charge on any atom is -0.489 e. The fourth-order valence-electron chi connectivity index (χ4n) is 4.44. The number of ether oxygens (including phenoxy) is 2. The molecule has 0 atom stereocenters. The van der Waals surface area contributed by atoms with E-state index in [-0.39, 0.29) is 6.10 Å². The summed E-state index contributed by atoms with van der Waals surface area (Å²) >= 11 is 1.60. The lowest BCUT2D eigenvalue weighted by Crippen LogP contribution is -2.46. The quantitative estimate of drug-likeness (QED) is 0.340. The van der Waals surface area contributed by atoms with E-state index in [1.165, 1.54) is 5.69 Å². The Kier molecular flexibility index (Phi) is 7.20. The zero-order valence-corrected chi connectivity index (χ0v) is 22.0. The summed E-state index contributed by atoms with van der Waals surface area (Å²) in [5.74, 6) is 1.89. The van der Waals surface area contributed by atoms with E-state index in [1.807, 2.05) is 32.2 Å². The van der Waals surface area contributed by atoms with Crippen molar-refractivity contribution >= 4 is 38.9 Å². The smallest absolute Gasteiger partial charge is 0.227 e. The first-order valence-electron chi connectivity index (χ1n) is 12.3. The number of nitrogens with one attached hydrogen (secondary N) is 1. The third kappa shape index (κ3) is 5.08. The van der Waals surface area contributed by atoms with Crippen LogP contribution in [0.15, 0.2) is 48.1 Å². The molecular formula is C27H32N6O2S. The van der Waals surface area contributed by atoms with E-state index in [0.29, 0.717) is 11.8 Å². The van der Waals surface area contributed by atoms with Crippen LogP contribution in [0.2, 0.25) is 0 Å². The van der Waals surface area contributed by atoms with Gasteiger partial charge in [-0.3, -0.25) is 0 Å². The highest BCUT2D eigenvalue weighted by atomic mass is 32.1. The number of nitrogens with zero attached hydrogens (tertiary/aromatic N) is 5. The Balaban J connectivity index is 1.45. The van der Waals surface area contributed by atoms with E-state index in [9.17, 15) is 0 Å². The Labute approximate surface area is 215 Å². The van der Waals surface area contributed by atoms with Crippen LogP contribution in [0.25, 0.3) is 21.3 Å². The van der Waals surface area contributed by atoms with Crippen LogP contribution in [0.1, 0.15) is 20.8 Å². The highest BCUT2D eigenvalue weighted by Gasteiger charge is 2.19. The molecule has 188 valence electrons. The van der Waals surface area contributed by atoms with Crippen molar-refractivity contribution in [2.75, 3.05) is 50.1 Å². The van der Waals surface area contributed by atoms with Gasteiger partial charge in [0.25, 0.3) is 0 Å². The lowest BCUT2D eigenvalue weighted by Gasteiger charge is -2.35. The number of hydrogen-bond acceptors (Lipinski definition) is 9. The van der Waals surface area contributed by atoms with Gasteiger partial charge >= 0.3 is 0 Å². The summed E-state index contributed by atoms with van der Waals surface area (Å²) in [5.41, 5.74) is 4.76. The number of rotatable bonds is 8. The molecule has 0 radical (unpaired) electrons. The highest BCUT2D eigenvalue weighted by Crippen LogP contribution is 2.38. The number of fused-ring (bicyclic) bond motifs is 1. The van der Waals surface area contributed by atoms with Gasteiger partial charge in [-0.15, -0.1) is 11.3 Å². The monoisotopic (exact) mass is 504 g/mol. The standard InChI is InChI=1S/C27H32N6O2S/c1-5-32-11-13-33(14-12-32)19-8-9-22(23(15-19)35-18(2)3)30-27-29-16-24-25(31-27)21(17-36-24)20-7-6-10-28-26(20)34-4/h6-10,15-18H,5,11-14H2,1-4H3,(H,29,30,31). The molecule has 0 saturated carbocycles. The topological polar surface area (TPSA) is 75.6 Å². The number of thiophene rings is 1. The number of likely N-dealkylation sites (N-methyl/N-ethyl adjacent to an activating group) is 1. The minimum absolute atomic E-state index is 0.0441. The van der Waals surface area contributed by atoms with Gasteiger partial charge in [0, 0.05) is 60.6 Å². The van der Waals surface area contributed by atoms with E-state index >= 15 is 0 Å². The molecular weight excluding hydrogens is 472 g/mol. The number of methoxy groups -OCH3 is 1. The maximum absolute atomic E-state index is 6.21. The molecule has 1 aromatic carbocycles. The summed E-state index contributed by atoms with van der Waals surface area (Å²) in [7, 11) is 1.63. The van der Waals surface area contributed by atoms with Gasteiger partial charge in [-0.1, -0.05) is 6.92 Å². The normalized spacial score (nSPS) is 14.4. The second-order valence-corrected chi connectivity index (χ2v) is 9.92. The molecule has 0 amide bonds. The van der Waals surface area contributed by atoms with Gasteiger partial charge in [0.1, 0.15) is 5.75 Å². The Morgan fingerprint density at radius 1 is 1.08 bits per heavy atom. The third-order valence-corrected chi connectivity index (χ3v) is 7.23. The van der Waals surface area contributed by atoms with Gasteiger partial charge in [-0.25, -0.2) is 15.0 Å². The van der Waals surface area contributed by atoms with Gasteiger partial charge in [-0.05, 0) is 44.7 Å². The molecule has 0 unspecified atom stereocenters. The van der Waals surface area contributed by atoms with Crippen LogP contribution in [0.3, 0.4) is 0 Å². The summed E-state index contributed by atoms with van der Waals surface area (Å²) in [5, 5.41) is 5.47. The van der Waals surface area contributed by atoms with Crippen molar-refractivity contribution in [3.8, 4) is 22.8 Å². The predicted octanol–water partition coefficient (Wildman–Crippen LogP) is 5.43. The first-order valence-corrected chi connectivity index (χ1v) is 13.2. The summed E-state index contributed by atoms with van der Waals surface area (Å²) in [6.07, 6.45) is 3.62. The van der Waals surface area contributed by atoms with E-state index in [2.05, 4.69) is 55.6 Å². The summed E-state index contributed by atoms with van der Waals surface area (Å²) < 4.78 is 12.7. The van der Waals surface area contributed by atoms with Crippen LogP contribution in [0.5, 0.6) is 11.6 Å². The van der Waals surface area contributed by atoms with E-state index in [0.717, 1.165) is 65.5 Å². The molecule has 5 rings (SSSR count). The van der Waals surface area contributed by atoms with E-state index < -0.39 is 0 Å². The molecule has 4 aromatic rings. The van der Waals surface area contributed by atoms with Crippen molar-refractivity contribution in [2.24, 2.45) is 0 Å². The van der Waals surface area contributed by atoms with Gasteiger partial charge < -0.3 is 24.6 Å². The Bertz CT molecular complexity index is 1330. The van der Waals surface area contributed by atoms with Gasteiger partial charge in [0.2, 0.25) is 11.8 Å². The van der Waals surface area contributed by atoms with Gasteiger partial charge in [-0.2, -0.15) is 0 Å². The SMILES string of the molecule is CCN1CCN(c2ccc(Nc3ncc4scc(-c5cccnc5OC)c4n3)c(OC(C)C)c2)CC1. The zero-order chi connectivity index (χ0) is 25.1. The molecule has 1 saturated heterocycles. The molecule has 1 aliphatic heterocycles. The lowest BCUT2D eigenvalue weighted by atomic mass is 10.1. The lowest BCUT2D eigenvalue weighted by molar-refractivity contribution is 0.243. The maximum Gasteiger partial charge on any atom is 0.227 e. The second-order valence-electron chi connectivity index (χ2n) is 9.01. The molecule has 0 aliphatic carbocycles. The van der Waals surface area contributed by atoms with Gasteiger partial charge in [0.05, 0.1) is 35.3 Å². The Morgan fingerprint density at radius 2 is 1.92 bits per heavy atom. The third-order valence-electron chi connectivity index (χ3n) is 6.33. The number of pyridine rings is 1. The van der Waals surface area contributed by atoms with Crippen molar-refractivity contribution in [1.82, 2.24) is 19.9 Å². The number of hydrogen-bond donors (Lipinski definition) is 1. The molecule has 8 nitrogen and oxygen atoms in total. The van der Waals surface area contributed by atoms with Crippen LogP contribution >= 0.6 is 11.3 Å². The predicted molar refractivity (Wildman–Crippen MR) is 147 cm³/mol. The van der Waals surface area contributed by atoms with Crippen LogP contribution in [0, 0.1) is 0 Å². The summed E-state index contributed by atoms with van der Waals surface area (Å²) in [6, 6.07) is 10.2. The van der Waals surface area contributed by atoms with Crippen molar-refractivity contribution in [3.05, 3.63) is 48.1 Å². The fraction of sp³-hybridized carbons (Fsp3) is 0.370. The Morgan fingerprint density at radius 3 is 2.67 bits per heavy atom. The molecule has 9 heteroatoms. The average molecular weight is 505 g/mol. The summed E-state index contributed by atoms with van der Waals surface area (Å²) in [4.78, 5) is 18.7. The maximum atomic E-state index is 6.21. The van der Waals surface area contributed by atoms with Crippen molar-refractivity contribution in [2.45, 2.75) is 26.9 Å². The summed E-state index contributed by atoms with van der Waals surface area (Å²) in [6.45, 7) is 11.6. The molecule has 1 aliphatic rings. The van der Waals surface area contributed by atoms with Crippen LogP contribution in [-0.4, -0.2) is 65.8 Å². The van der Waals surface area contributed by atoms with E-state index in [4.69, 9.17) is 14.5 Å². The van der Waals surface area contributed by atoms with Crippen LogP contribution in [0.4, 0.5) is 17.3 Å². The molecule has 1 fully saturated rings. The molecule has 1 N–H and O–H groups in total. The largest absolute Gasteiger partial charge is 0.489 e. The molecule has 0 bridgehead atoms. The van der Waals surface area contributed by atoms with Crippen LogP contribution in [-0.2, 0) is 0 Å². The molecule has 4 heterocycles. The molecule has 3 aromatic heterocycles. The van der Waals surface area contributed by atoms with Crippen molar-refractivity contribution in [1.29, 1.82) is 0 Å². The fourth-order valence-corrected chi connectivity index (χ4v) is 5.31. The van der Waals surface area contributed by atoms with Crippen molar-refractivity contribution in [3.63, 3.8) is 0 Å². The first kappa shape index (κ1) is 24.3. The second kappa shape index (κ2) is 10.7. The highest BCUT2D eigenvalue weighted by molar-refractivity contribution is 7.17.